The van der Waals surface area contributed by atoms with Gasteiger partial charge in [0.2, 0.25) is 0 Å². The molecule has 26 heavy (non-hydrogen) atoms. The van der Waals surface area contributed by atoms with E-state index in [0.717, 1.165) is 55.8 Å². The number of benzene rings is 1. The Hall–Kier alpha value is -2.02. The number of likely N-dealkylation sites (tertiary alicyclic amines) is 1. The van der Waals surface area contributed by atoms with Crippen molar-refractivity contribution in [1.82, 2.24) is 14.9 Å². The van der Waals surface area contributed by atoms with Crippen LogP contribution in [0.25, 0.3) is 11.4 Å². The fourth-order valence-electron chi connectivity index (χ4n) is 3.95. The van der Waals surface area contributed by atoms with Gasteiger partial charge in [0.05, 0.1) is 31.0 Å². The Labute approximate surface area is 153 Å². The summed E-state index contributed by atoms with van der Waals surface area (Å²) in [6.07, 6.45) is 6.23. The van der Waals surface area contributed by atoms with Gasteiger partial charge in [-0.3, -0.25) is 4.90 Å². The summed E-state index contributed by atoms with van der Waals surface area (Å²) in [5.74, 6) is 1.46. The maximum atomic E-state index is 9.74. The molecule has 1 N–H and O–H groups in total. The molecule has 3 heterocycles. The van der Waals surface area contributed by atoms with Crippen LogP contribution in [-0.4, -0.2) is 58.5 Å². The highest BCUT2D eigenvalue weighted by molar-refractivity contribution is 5.63. The van der Waals surface area contributed by atoms with Gasteiger partial charge in [0.25, 0.3) is 0 Å². The van der Waals surface area contributed by atoms with E-state index in [1.54, 1.807) is 7.11 Å². The molecule has 1 aromatic carbocycles. The first-order valence-corrected chi connectivity index (χ1v) is 9.16. The molecule has 2 saturated heterocycles. The zero-order valence-electron chi connectivity index (χ0n) is 15.1. The molecule has 2 aliphatic rings. The number of hydrogen-bond acceptors (Lipinski definition) is 6. The summed E-state index contributed by atoms with van der Waals surface area (Å²) in [7, 11) is 1.66. The topological polar surface area (TPSA) is 67.7 Å². The average Bonchev–Trinajstić information content (AvgIpc) is 3.05. The summed E-state index contributed by atoms with van der Waals surface area (Å²) in [5.41, 5.74) is 1.91. The molecule has 0 amide bonds. The predicted octanol–water partition coefficient (Wildman–Crippen LogP) is 2.27. The lowest BCUT2D eigenvalue weighted by Gasteiger charge is -2.38. The van der Waals surface area contributed by atoms with Gasteiger partial charge < -0.3 is 14.6 Å². The van der Waals surface area contributed by atoms with Crippen LogP contribution in [-0.2, 0) is 11.3 Å². The minimum atomic E-state index is -0.294. The first kappa shape index (κ1) is 17.4. The fraction of sp³-hybridized carbons (Fsp3) is 0.500. The molecule has 6 nitrogen and oxygen atoms in total. The minimum absolute atomic E-state index is 0.0971. The summed E-state index contributed by atoms with van der Waals surface area (Å²) in [4.78, 5) is 11.5. The second-order valence-electron chi connectivity index (χ2n) is 7.24. The molecule has 1 atom stereocenters. The molecule has 1 unspecified atom stereocenters. The standard InChI is InChI=1S/C20H25N3O3/c1-25-18-5-3-2-4-17(18)19-21-11-15(12-22-19)13-23-8-6-20(7-9-23)10-16(24)14-26-20/h2-5,11-12,16,24H,6-10,13-14H2,1H3. The molecule has 2 aliphatic heterocycles. The van der Waals surface area contributed by atoms with Crippen molar-refractivity contribution in [3.8, 4) is 17.1 Å². The highest BCUT2D eigenvalue weighted by atomic mass is 16.5. The average molecular weight is 355 g/mol. The summed E-state index contributed by atoms with van der Waals surface area (Å²) in [6.45, 7) is 3.27. The summed E-state index contributed by atoms with van der Waals surface area (Å²) < 4.78 is 11.3. The van der Waals surface area contributed by atoms with Crippen molar-refractivity contribution in [2.75, 3.05) is 26.8 Å². The third-order valence-corrected chi connectivity index (χ3v) is 5.42. The maximum Gasteiger partial charge on any atom is 0.162 e. The second kappa shape index (κ2) is 7.31. The molecule has 0 bridgehead atoms. The van der Waals surface area contributed by atoms with Gasteiger partial charge in [0.15, 0.2) is 5.82 Å². The highest BCUT2D eigenvalue weighted by Crippen LogP contribution is 2.36. The fourth-order valence-corrected chi connectivity index (χ4v) is 3.95. The lowest BCUT2D eigenvalue weighted by atomic mass is 9.88. The van der Waals surface area contributed by atoms with Crippen LogP contribution in [0, 0.1) is 0 Å². The van der Waals surface area contributed by atoms with Crippen LogP contribution in [0.5, 0.6) is 5.75 Å². The van der Waals surface area contributed by atoms with Crippen molar-refractivity contribution < 1.29 is 14.6 Å². The molecule has 2 fully saturated rings. The van der Waals surface area contributed by atoms with Gasteiger partial charge in [-0.2, -0.15) is 0 Å². The Morgan fingerprint density at radius 2 is 1.96 bits per heavy atom. The van der Waals surface area contributed by atoms with Crippen molar-refractivity contribution >= 4 is 0 Å². The van der Waals surface area contributed by atoms with Crippen LogP contribution in [0.15, 0.2) is 36.7 Å². The monoisotopic (exact) mass is 355 g/mol. The Kier molecular flexibility index (Phi) is 4.89. The van der Waals surface area contributed by atoms with E-state index in [2.05, 4.69) is 14.9 Å². The molecular formula is C20H25N3O3. The van der Waals surface area contributed by atoms with Crippen LogP contribution >= 0.6 is 0 Å². The number of rotatable bonds is 4. The lowest BCUT2D eigenvalue weighted by Crippen LogP contribution is -2.43. The van der Waals surface area contributed by atoms with Gasteiger partial charge in [0.1, 0.15) is 5.75 Å². The van der Waals surface area contributed by atoms with Crippen LogP contribution < -0.4 is 4.74 Å². The Balaban J connectivity index is 1.38. The zero-order valence-corrected chi connectivity index (χ0v) is 15.1. The van der Waals surface area contributed by atoms with E-state index >= 15 is 0 Å². The first-order chi connectivity index (χ1) is 12.7. The molecule has 138 valence electrons. The molecule has 4 rings (SSSR count). The predicted molar refractivity (Wildman–Crippen MR) is 97.8 cm³/mol. The number of aliphatic hydroxyl groups is 1. The quantitative estimate of drug-likeness (QED) is 0.907. The van der Waals surface area contributed by atoms with E-state index in [-0.39, 0.29) is 11.7 Å². The number of ether oxygens (including phenoxy) is 2. The largest absolute Gasteiger partial charge is 0.496 e. The smallest absolute Gasteiger partial charge is 0.162 e. The summed E-state index contributed by atoms with van der Waals surface area (Å²) in [6, 6.07) is 7.78. The Morgan fingerprint density at radius 3 is 2.62 bits per heavy atom. The zero-order chi connectivity index (χ0) is 18.0. The molecule has 2 aromatic rings. The number of para-hydroxylation sites is 1. The Morgan fingerprint density at radius 1 is 1.23 bits per heavy atom. The van der Waals surface area contributed by atoms with E-state index in [1.807, 2.05) is 36.7 Å². The van der Waals surface area contributed by atoms with E-state index < -0.39 is 0 Å². The third kappa shape index (κ3) is 3.58. The molecular weight excluding hydrogens is 330 g/mol. The molecule has 0 saturated carbocycles. The van der Waals surface area contributed by atoms with E-state index in [1.165, 1.54) is 0 Å². The van der Waals surface area contributed by atoms with Gasteiger partial charge >= 0.3 is 0 Å². The van der Waals surface area contributed by atoms with Crippen molar-refractivity contribution in [3.63, 3.8) is 0 Å². The molecule has 1 aromatic heterocycles. The van der Waals surface area contributed by atoms with E-state index in [9.17, 15) is 5.11 Å². The van der Waals surface area contributed by atoms with E-state index in [0.29, 0.717) is 12.4 Å². The van der Waals surface area contributed by atoms with Gasteiger partial charge in [-0.05, 0) is 25.0 Å². The SMILES string of the molecule is COc1ccccc1-c1ncc(CN2CCC3(CC2)CC(O)CO3)cn1. The second-order valence-corrected chi connectivity index (χ2v) is 7.24. The van der Waals surface area contributed by atoms with Crippen LogP contribution in [0.3, 0.4) is 0 Å². The van der Waals surface area contributed by atoms with Crippen molar-refractivity contribution in [1.29, 1.82) is 0 Å². The normalized spacial score (nSPS) is 22.6. The van der Waals surface area contributed by atoms with Crippen molar-refractivity contribution in [2.24, 2.45) is 0 Å². The van der Waals surface area contributed by atoms with Crippen molar-refractivity contribution in [3.05, 3.63) is 42.2 Å². The third-order valence-electron chi connectivity index (χ3n) is 5.42. The van der Waals surface area contributed by atoms with Crippen LogP contribution in [0.2, 0.25) is 0 Å². The number of methoxy groups -OCH3 is 1. The van der Waals surface area contributed by atoms with Gasteiger partial charge in [0, 0.05) is 44.0 Å². The van der Waals surface area contributed by atoms with E-state index in [4.69, 9.17) is 9.47 Å². The van der Waals surface area contributed by atoms with Gasteiger partial charge in [-0.1, -0.05) is 12.1 Å². The molecule has 0 aliphatic carbocycles. The molecule has 0 radical (unpaired) electrons. The van der Waals surface area contributed by atoms with Crippen LogP contribution in [0.4, 0.5) is 0 Å². The molecule has 6 heteroatoms. The van der Waals surface area contributed by atoms with Gasteiger partial charge in [-0.25, -0.2) is 9.97 Å². The Bertz CT molecular complexity index is 742. The number of nitrogens with zero attached hydrogens (tertiary/aromatic N) is 3. The molecule has 1 spiro atoms. The van der Waals surface area contributed by atoms with Crippen molar-refractivity contribution in [2.45, 2.75) is 37.5 Å². The first-order valence-electron chi connectivity index (χ1n) is 9.16. The number of piperidine rings is 1. The van der Waals surface area contributed by atoms with Gasteiger partial charge in [-0.15, -0.1) is 0 Å². The maximum absolute atomic E-state index is 9.74. The number of hydrogen-bond donors (Lipinski definition) is 1. The van der Waals surface area contributed by atoms with Crippen LogP contribution in [0.1, 0.15) is 24.8 Å². The lowest BCUT2D eigenvalue weighted by molar-refractivity contribution is -0.0456. The highest BCUT2D eigenvalue weighted by Gasteiger charge is 2.42. The minimum Gasteiger partial charge on any atom is -0.496 e. The number of aromatic nitrogens is 2. The number of aliphatic hydroxyl groups excluding tert-OH is 1. The summed E-state index contributed by atoms with van der Waals surface area (Å²) >= 11 is 0. The summed E-state index contributed by atoms with van der Waals surface area (Å²) in [5, 5.41) is 9.74.